The van der Waals surface area contributed by atoms with Gasteiger partial charge in [-0.1, -0.05) is 17.4 Å². The second-order valence-corrected chi connectivity index (χ2v) is 6.65. The predicted octanol–water partition coefficient (Wildman–Crippen LogP) is 0.862. The molecule has 24 heavy (non-hydrogen) atoms. The monoisotopic (exact) mass is 343 g/mol. The Labute approximate surface area is 142 Å². The molecular weight excluding hydrogens is 326 g/mol. The summed E-state index contributed by atoms with van der Waals surface area (Å²) >= 11 is 1.48. The predicted molar refractivity (Wildman–Crippen MR) is 90.0 cm³/mol. The topological polar surface area (TPSA) is 79.5 Å². The van der Waals surface area contributed by atoms with Crippen molar-refractivity contribution < 1.29 is 4.79 Å². The van der Waals surface area contributed by atoms with E-state index in [1.165, 1.54) is 11.3 Å². The molecular formula is C15H17N7OS. The van der Waals surface area contributed by atoms with Crippen LogP contribution in [0.15, 0.2) is 30.7 Å². The van der Waals surface area contributed by atoms with Crippen molar-refractivity contribution in [1.82, 2.24) is 29.7 Å². The molecule has 9 heteroatoms. The molecule has 3 aromatic heterocycles. The van der Waals surface area contributed by atoms with Crippen molar-refractivity contribution in [1.29, 1.82) is 0 Å². The van der Waals surface area contributed by atoms with Gasteiger partial charge in [-0.25, -0.2) is 4.98 Å². The Kier molecular flexibility index (Phi) is 4.08. The fourth-order valence-electron chi connectivity index (χ4n) is 2.80. The lowest BCUT2D eigenvalue weighted by Gasteiger charge is -2.35. The van der Waals surface area contributed by atoms with Gasteiger partial charge in [0.25, 0.3) is 0 Å². The molecule has 1 aliphatic rings. The minimum Gasteiger partial charge on any atom is -0.353 e. The van der Waals surface area contributed by atoms with Gasteiger partial charge in [0, 0.05) is 45.2 Å². The molecule has 4 rings (SSSR count). The number of rotatable bonds is 4. The number of piperazine rings is 1. The van der Waals surface area contributed by atoms with Crippen LogP contribution in [-0.2, 0) is 11.2 Å². The van der Waals surface area contributed by atoms with E-state index in [4.69, 9.17) is 0 Å². The van der Waals surface area contributed by atoms with E-state index in [-0.39, 0.29) is 5.91 Å². The summed E-state index contributed by atoms with van der Waals surface area (Å²) in [5.74, 6) is 1.16. The summed E-state index contributed by atoms with van der Waals surface area (Å²) in [6, 6.07) is 5.90. The van der Waals surface area contributed by atoms with Crippen LogP contribution >= 0.6 is 11.3 Å². The van der Waals surface area contributed by atoms with Crippen molar-refractivity contribution in [2.75, 3.05) is 31.1 Å². The van der Waals surface area contributed by atoms with Crippen molar-refractivity contribution >= 4 is 28.0 Å². The highest BCUT2D eigenvalue weighted by Crippen LogP contribution is 2.16. The number of carbonyl (C=O) groups is 1. The van der Waals surface area contributed by atoms with E-state index in [9.17, 15) is 4.79 Å². The molecule has 1 aliphatic heterocycles. The third-order valence-corrected chi connectivity index (χ3v) is 5.06. The molecule has 8 nitrogen and oxygen atoms in total. The molecule has 0 atom stereocenters. The number of pyridine rings is 1. The number of aryl methyl sites for hydroxylation is 1. The molecule has 0 spiro atoms. The molecule has 0 N–H and O–H groups in total. The van der Waals surface area contributed by atoms with Crippen LogP contribution in [0.5, 0.6) is 0 Å². The normalized spacial score (nSPS) is 15.2. The maximum atomic E-state index is 12.4. The first kappa shape index (κ1) is 15.0. The van der Waals surface area contributed by atoms with Gasteiger partial charge in [-0.15, -0.1) is 10.2 Å². The smallest absolute Gasteiger partial charge is 0.234 e. The van der Waals surface area contributed by atoms with Gasteiger partial charge in [0.05, 0.1) is 0 Å². The Morgan fingerprint density at radius 3 is 2.83 bits per heavy atom. The number of aromatic nitrogens is 5. The van der Waals surface area contributed by atoms with Crippen molar-refractivity contribution in [3.05, 3.63) is 35.7 Å². The summed E-state index contributed by atoms with van der Waals surface area (Å²) in [5, 5.41) is 13.0. The van der Waals surface area contributed by atoms with E-state index in [2.05, 4.69) is 25.2 Å². The van der Waals surface area contributed by atoms with Crippen LogP contribution in [0.2, 0.25) is 0 Å². The van der Waals surface area contributed by atoms with E-state index >= 15 is 0 Å². The molecule has 0 bridgehead atoms. The fraction of sp³-hybridized carbons (Fsp3) is 0.400. The van der Waals surface area contributed by atoms with E-state index in [1.807, 2.05) is 23.1 Å². The highest BCUT2D eigenvalue weighted by Gasteiger charge is 2.21. The molecule has 0 saturated carbocycles. The number of nitrogens with zero attached hydrogens (tertiary/aromatic N) is 7. The van der Waals surface area contributed by atoms with Crippen LogP contribution < -0.4 is 4.90 Å². The Bertz CT molecular complexity index is 794. The van der Waals surface area contributed by atoms with E-state index in [1.54, 1.807) is 17.0 Å². The van der Waals surface area contributed by atoms with Crippen LogP contribution in [0.1, 0.15) is 11.4 Å². The summed E-state index contributed by atoms with van der Waals surface area (Å²) < 4.78 is 1.65. The largest absolute Gasteiger partial charge is 0.353 e. The summed E-state index contributed by atoms with van der Waals surface area (Å²) in [5.41, 5.74) is 0. The van der Waals surface area contributed by atoms with Gasteiger partial charge in [0.15, 0.2) is 0 Å². The molecule has 3 aromatic rings. The minimum atomic E-state index is 0.182. The molecule has 4 heterocycles. The fourth-order valence-corrected chi connectivity index (χ4v) is 3.61. The average molecular weight is 343 g/mol. The number of amides is 1. The lowest BCUT2D eigenvalue weighted by molar-refractivity contribution is -0.131. The number of fused-ring (bicyclic) bond motifs is 1. The zero-order valence-corrected chi connectivity index (χ0v) is 13.9. The van der Waals surface area contributed by atoms with Gasteiger partial charge in [-0.3, -0.25) is 4.79 Å². The number of hydrogen-bond acceptors (Lipinski definition) is 7. The van der Waals surface area contributed by atoms with Gasteiger partial charge in [-0.05, 0) is 12.1 Å². The first-order chi connectivity index (χ1) is 11.8. The Morgan fingerprint density at radius 1 is 1.21 bits per heavy atom. The highest BCUT2D eigenvalue weighted by atomic mass is 32.1. The molecule has 1 fully saturated rings. The lowest BCUT2D eigenvalue weighted by Crippen LogP contribution is -2.49. The molecule has 124 valence electrons. The molecule has 1 amide bonds. The average Bonchev–Trinajstić information content (AvgIpc) is 3.22. The number of anilines is 1. The van der Waals surface area contributed by atoms with Crippen molar-refractivity contribution in [3.8, 4) is 0 Å². The van der Waals surface area contributed by atoms with E-state index in [0.29, 0.717) is 12.8 Å². The van der Waals surface area contributed by atoms with Gasteiger partial charge in [0.1, 0.15) is 17.2 Å². The molecule has 0 aliphatic carbocycles. The van der Waals surface area contributed by atoms with E-state index in [0.717, 1.165) is 42.0 Å². The lowest BCUT2D eigenvalue weighted by atomic mass is 10.2. The second kappa shape index (κ2) is 6.52. The summed E-state index contributed by atoms with van der Waals surface area (Å²) in [6.07, 6.45) is 4.50. The first-order valence-corrected chi connectivity index (χ1v) is 8.71. The quantitative estimate of drug-likeness (QED) is 0.699. The van der Waals surface area contributed by atoms with E-state index < -0.39 is 0 Å². The standard InChI is InChI=1S/C15H17N7OS/c23-14(5-4-13-19-22-11-17-18-15(22)24-13)21-9-7-20(8-10-21)12-3-1-2-6-16-12/h1-3,6,11H,4-5,7-10H2. The van der Waals surface area contributed by atoms with Crippen molar-refractivity contribution in [2.24, 2.45) is 0 Å². The summed E-state index contributed by atoms with van der Waals surface area (Å²) in [7, 11) is 0. The van der Waals surface area contributed by atoms with Gasteiger partial charge < -0.3 is 9.80 Å². The van der Waals surface area contributed by atoms with Gasteiger partial charge in [0.2, 0.25) is 10.9 Å². The van der Waals surface area contributed by atoms with Crippen molar-refractivity contribution in [2.45, 2.75) is 12.8 Å². The molecule has 1 saturated heterocycles. The maximum Gasteiger partial charge on any atom is 0.234 e. The SMILES string of the molecule is O=C(CCc1nn2cnnc2s1)N1CCN(c2ccccn2)CC1. The van der Waals surface area contributed by atoms with Gasteiger partial charge >= 0.3 is 0 Å². The zero-order valence-electron chi connectivity index (χ0n) is 13.1. The van der Waals surface area contributed by atoms with Crippen LogP contribution in [0, 0.1) is 0 Å². The third-order valence-electron chi connectivity index (χ3n) is 4.09. The minimum absolute atomic E-state index is 0.182. The number of hydrogen-bond donors (Lipinski definition) is 0. The molecule has 0 unspecified atom stereocenters. The third kappa shape index (κ3) is 3.07. The Balaban J connectivity index is 1.29. The summed E-state index contributed by atoms with van der Waals surface area (Å²) in [4.78, 5) is 21.7. The summed E-state index contributed by atoms with van der Waals surface area (Å²) in [6.45, 7) is 3.11. The van der Waals surface area contributed by atoms with Crippen LogP contribution in [0.3, 0.4) is 0 Å². The Morgan fingerprint density at radius 2 is 2.08 bits per heavy atom. The molecule has 0 aromatic carbocycles. The number of carbonyl (C=O) groups excluding carboxylic acids is 1. The first-order valence-electron chi connectivity index (χ1n) is 7.89. The Hall–Kier alpha value is -2.55. The molecule has 0 radical (unpaired) electrons. The van der Waals surface area contributed by atoms with Crippen molar-refractivity contribution in [3.63, 3.8) is 0 Å². The zero-order chi connectivity index (χ0) is 16.4. The van der Waals surface area contributed by atoms with Gasteiger partial charge in [-0.2, -0.15) is 9.61 Å². The van der Waals surface area contributed by atoms with Crippen LogP contribution in [-0.4, -0.2) is 61.8 Å². The van der Waals surface area contributed by atoms with Crippen LogP contribution in [0.25, 0.3) is 4.96 Å². The highest BCUT2D eigenvalue weighted by molar-refractivity contribution is 7.16. The second-order valence-electron chi connectivity index (χ2n) is 5.61. The van der Waals surface area contributed by atoms with Crippen LogP contribution in [0.4, 0.5) is 5.82 Å². The maximum absolute atomic E-state index is 12.4.